The Morgan fingerprint density at radius 1 is 1.21 bits per heavy atom. The summed E-state index contributed by atoms with van der Waals surface area (Å²) in [4.78, 5) is 26.7. The second-order valence-corrected chi connectivity index (χ2v) is 5.68. The molecule has 0 aliphatic rings. The highest BCUT2D eigenvalue weighted by Gasteiger charge is 2.11. The fraction of sp³-hybridized carbons (Fsp3) is 0.100. The van der Waals surface area contributed by atoms with Gasteiger partial charge in [-0.2, -0.15) is 5.10 Å². The largest absolute Gasteiger partial charge is 0.493 e. The molecule has 0 aliphatic carbocycles. The number of hydrazone groups is 1. The van der Waals surface area contributed by atoms with Gasteiger partial charge < -0.3 is 19.0 Å². The third-order valence-electron chi connectivity index (χ3n) is 3.71. The molecule has 3 rings (SSSR count). The Morgan fingerprint density at radius 2 is 2.07 bits per heavy atom. The van der Waals surface area contributed by atoms with Gasteiger partial charge in [0, 0.05) is 6.20 Å². The number of hydrogen-bond acceptors (Lipinski definition) is 7. The van der Waals surface area contributed by atoms with Crippen LogP contribution >= 0.6 is 0 Å². The topological polar surface area (TPSA) is 123 Å². The molecule has 2 N–H and O–H groups in total. The van der Waals surface area contributed by atoms with E-state index in [1.54, 1.807) is 36.4 Å². The Labute approximate surface area is 165 Å². The van der Waals surface area contributed by atoms with Crippen molar-refractivity contribution in [1.29, 1.82) is 0 Å². The van der Waals surface area contributed by atoms with Gasteiger partial charge >= 0.3 is 5.97 Å². The van der Waals surface area contributed by atoms with Crippen molar-refractivity contribution in [2.75, 3.05) is 7.11 Å². The number of methoxy groups -OCH3 is 1. The molecule has 0 atom stereocenters. The molecule has 148 valence electrons. The second-order valence-electron chi connectivity index (χ2n) is 5.68. The molecule has 0 fully saturated rings. The molecule has 2 aromatic heterocycles. The van der Waals surface area contributed by atoms with Crippen LogP contribution in [0.15, 0.2) is 64.2 Å². The quantitative estimate of drug-likeness (QED) is 0.444. The van der Waals surface area contributed by atoms with E-state index in [0.29, 0.717) is 22.8 Å². The number of carboxylic acids is 1. The van der Waals surface area contributed by atoms with Crippen LogP contribution in [0.4, 0.5) is 0 Å². The summed E-state index contributed by atoms with van der Waals surface area (Å²) in [6, 6.07) is 13.0. The summed E-state index contributed by atoms with van der Waals surface area (Å²) in [6.45, 7) is 0.0389. The van der Waals surface area contributed by atoms with Crippen LogP contribution in [-0.2, 0) is 6.61 Å². The first-order chi connectivity index (χ1) is 14.1. The lowest BCUT2D eigenvalue weighted by Gasteiger charge is -2.10. The number of ether oxygens (including phenoxy) is 2. The number of furan rings is 1. The van der Waals surface area contributed by atoms with E-state index >= 15 is 0 Å². The van der Waals surface area contributed by atoms with Crippen LogP contribution in [0.5, 0.6) is 11.5 Å². The highest BCUT2D eigenvalue weighted by molar-refractivity contribution is 5.93. The Kier molecular flexibility index (Phi) is 6.21. The maximum Gasteiger partial charge on any atom is 0.371 e. The number of pyridine rings is 1. The third kappa shape index (κ3) is 5.19. The number of hydrogen-bond donors (Lipinski definition) is 2. The van der Waals surface area contributed by atoms with Gasteiger partial charge in [-0.05, 0) is 48.0 Å². The van der Waals surface area contributed by atoms with Crippen molar-refractivity contribution >= 4 is 18.1 Å². The molecule has 0 unspecified atom stereocenters. The molecule has 29 heavy (non-hydrogen) atoms. The van der Waals surface area contributed by atoms with Crippen LogP contribution in [0, 0.1) is 0 Å². The van der Waals surface area contributed by atoms with Gasteiger partial charge in [0.25, 0.3) is 5.91 Å². The van der Waals surface area contributed by atoms with Crippen LogP contribution in [0.25, 0.3) is 0 Å². The van der Waals surface area contributed by atoms with Gasteiger partial charge in [0.1, 0.15) is 18.1 Å². The summed E-state index contributed by atoms with van der Waals surface area (Å²) in [7, 11) is 1.49. The van der Waals surface area contributed by atoms with E-state index in [2.05, 4.69) is 15.5 Å². The normalized spacial score (nSPS) is 10.7. The Bertz CT molecular complexity index is 1030. The van der Waals surface area contributed by atoms with E-state index in [1.807, 2.05) is 0 Å². The number of carbonyl (C=O) groups is 2. The molecule has 0 bridgehead atoms. The molecule has 0 saturated carbocycles. The first-order valence-electron chi connectivity index (χ1n) is 8.44. The SMILES string of the molecule is COc1cc(C=NNC(=O)c2ccccn2)ccc1OCc1ccc(C(=O)O)o1. The summed E-state index contributed by atoms with van der Waals surface area (Å²) in [6.07, 6.45) is 2.98. The minimum Gasteiger partial charge on any atom is -0.493 e. The average molecular weight is 395 g/mol. The smallest absolute Gasteiger partial charge is 0.371 e. The van der Waals surface area contributed by atoms with Crippen molar-refractivity contribution in [2.24, 2.45) is 5.10 Å². The van der Waals surface area contributed by atoms with Gasteiger partial charge in [-0.15, -0.1) is 0 Å². The minimum atomic E-state index is -1.15. The molecular weight excluding hydrogens is 378 g/mol. The zero-order valence-electron chi connectivity index (χ0n) is 15.4. The number of benzene rings is 1. The number of nitrogens with one attached hydrogen (secondary N) is 1. The van der Waals surface area contributed by atoms with Gasteiger partial charge in [-0.3, -0.25) is 9.78 Å². The van der Waals surface area contributed by atoms with Crippen molar-refractivity contribution in [1.82, 2.24) is 10.4 Å². The van der Waals surface area contributed by atoms with Crippen LogP contribution in [0.2, 0.25) is 0 Å². The molecule has 3 aromatic rings. The maximum absolute atomic E-state index is 11.9. The molecule has 1 amide bonds. The summed E-state index contributed by atoms with van der Waals surface area (Å²) in [5.74, 6) is -0.479. The lowest BCUT2D eigenvalue weighted by molar-refractivity contribution is 0.0657. The molecule has 9 heteroatoms. The van der Waals surface area contributed by atoms with Gasteiger partial charge in [0.15, 0.2) is 11.5 Å². The number of nitrogens with zero attached hydrogens (tertiary/aromatic N) is 2. The number of carboxylic acid groups (broad SMARTS) is 1. The van der Waals surface area contributed by atoms with Crippen LogP contribution in [0.3, 0.4) is 0 Å². The molecular formula is C20H17N3O6. The summed E-state index contributed by atoms with van der Waals surface area (Å²) >= 11 is 0. The first kappa shape index (κ1) is 19.6. The summed E-state index contributed by atoms with van der Waals surface area (Å²) < 4.78 is 16.1. The predicted octanol–water partition coefficient (Wildman–Crippen LogP) is 2.72. The van der Waals surface area contributed by atoms with Crippen molar-refractivity contribution < 1.29 is 28.6 Å². The molecule has 2 heterocycles. The molecule has 0 aliphatic heterocycles. The molecule has 0 spiro atoms. The Hall–Kier alpha value is -4.14. The van der Waals surface area contributed by atoms with Gasteiger partial charge in [0.2, 0.25) is 5.76 Å². The highest BCUT2D eigenvalue weighted by Crippen LogP contribution is 2.28. The maximum atomic E-state index is 11.9. The predicted molar refractivity (Wildman–Crippen MR) is 102 cm³/mol. The number of carbonyl (C=O) groups excluding carboxylic acids is 1. The Morgan fingerprint density at radius 3 is 2.76 bits per heavy atom. The van der Waals surface area contributed by atoms with Crippen LogP contribution < -0.4 is 14.9 Å². The monoisotopic (exact) mass is 395 g/mol. The molecule has 0 radical (unpaired) electrons. The van der Waals surface area contributed by atoms with Gasteiger partial charge in [-0.1, -0.05) is 6.07 Å². The second kappa shape index (κ2) is 9.18. The molecule has 0 saturated heterocycles. The summed E-state index contributed by atoms with van der Waals surface area (Å²) in [5.41, 5.74) is 3.32. The minimum absolute atomic E-state index is 0.0389. The zero-order valence-corrected chi connectivity index (χ0v) is 15.4. The lowest BCUT2D eigenvalue weighted by atomic mass is 10.2. The van der Waals surface area contributed by atoms with E-state index in [9.17, 15) is 9.59 Å². The van der Waals surface area contributed by atoms with E-state index in [0.717, 1.165) is 0 Å². The standard InChI is InChI=1S/C20H17N3O6/c1-27-18-10-13(11-22-23-19(24)15-4-2-3-9-21-15)5-7-16(18)28-12-14-6-8-17(29-14)20(25)26/h2-11H,12H2,1H3,(H,23,24)(H,25,26). The van der Waals surface area contributed by atoms with Crippen LogP contribution in [0.1, 0.15) is 32.4 Å². The van der Waals surface area contributed by atoms with Crippen molar-refractivity contribution in [3.63, 3.8) is 0 Å². The fourth-order valence-corrected chi connectivity index (χ4v) is 2.32. The van der Waals surface area contributed by atoms with Crippen molar-refractivity contribution in [3.8, 4) is 11.5 Å². The Balaban J connectivity index is 1.61. The van der Waals surface area contributed by atoms with E-state index < -0.39 is 11.9 Å². The van der Waals surface area contributed by atoms with Crippen molar-refractivity contribution in [2.45, 2.75) is 6.61 Å². The summed E-state index contributed by atoms with van der Waals surface area (Å²) in [5, 5.41) is 12.8. The molecule has 9 nitrogen and oxygen atoms in total. The fourth-order valence-electron chi connectivity index (χ4n) is 2.32. The number of aromatic nitrogens is 1. The average Bonchev–Trinajstić information content (AvgIpc) is 3.22. The van der Waals surface area contributed by atoms with E-state index in [4.69, 9.17) is 19.0 Å². The zero-order chi connectivity index (χ0) is 20.6. The number of rotatable bonds is 8. The first-order valence-corrected chi connectivity index (χ1v) is 8.44. The number of amides is 1. The van der Waals surface area contributed by atoms with Gasteiger partial charge in [-0.25, -0.2) is 10.2 Å². The third-order valence-corrected chi connectivity index (χ3v) is 3.71. The number of aromatic carboxylic acids is 1. The highest BCUT2D eigenvalue weighted by atomic mass is 16.5. The molecule has 1 aromatic carbocycles. The van der Waals surface area contributed by atoms with Crippen molar-refractivity contribution in [3.05, 3.63) is 77.5 Å². The van der Waals surface area contributed by atoms with E-state index in [-0.39, 0.29) is 18.1 Å². The van der Waals surface area contributed by atoms with Gasteiger partial charge in [0.05, 0.1) is 13.3 Å². The van der Waals surface area contributed by atoms with E-state index in [1.165, 1.54) is 31.7 Å². The van der Waals surface area contributed by atoms with Crippen LogP contribution in [-0.4, -0.2) is 35.3 Å². The lowest BCUT2D eigenvalue weighted by Crippen LogP contribution is -2.18.